The first-order valence-corrected chi connectivity index (χ1v) is 8.15. The summed E-state index contributed by atoms with van der Waals surface area (Å²) in [5.41, 5.74) is 5.62. The van der Waals surface area contributed by atoms with Gasteiger partial charge in [0.1, 0.15) is 0 Å². The van der Waals surface area contributed by atoms with Crippen LogP contribution in [0.4, 0.5) is 23.3 Å². The molecule has 1 aromatic rings. The first-order chi connectivity index (χ1) is 11.5. The third kappa shape index (κ3) is 3.65. The summed E-state index contributed by atoms with van der Waals surface area (Å²) >= 11 is 0. The lowest BCUT2D eigenvalue weighted by atomic mass is 10.2. The van der Waals surface area contributed by atoms with Crippen LogP contribution in [0.5, 0.6) is 0 Å². The van der Waals surface area contributed by atoms with Gasteiger partial charge in [0, 0.05) is 39.3 Å². The molecule has 2 aliphatic rings. The van der Waals surface area contributed by atoms with E-state index in [0.29, 0.717) is 25.6 Å². The van der Waals surface area contributed by atoms with Crippen LogP contribution >= 0.6 is 0 Å². The zero-order chi connectivity index (χ0) is 17.1. The van der Waals surface area contributed by atoms with Crippen LogP contribution in [0.2, 0.25) is 0 Å². The number of rotatable bonds is 5. The Hall–Kier alpha value is -2.20. The molecule has 10 heteroatoms. The molecule has 3 N–H and O–H groups in total. The van der Waals surface area contributed by atoms with E-state index in [0.717, 1.165) is 32.5 Å². The van der Waals surface area contributed by atoms with Gasteiger partial charge in [-0.25, -0.2) is 0 Å². The van der Waals surface area contributed by atoms with Crippen LogP contribution in [-0.4, -0.2) is 72.3 Å². The summed E-state index contributed by atoms with van der Waals surface area (Å²) in [4.78, 5) is 23.4. The summed E-state index contributed by atoms with van der Waals surface area (Å²) in [5.74, 6) is 0.483. The number of likely N-dealkylation sites (N-methyl/N-ethyl adjacent to an activating group) is 1. The van der Waals surface area contributed by atoms with Crippen LogP contribution in [-0.2, 0) is 4.74 Å². The molecule has 2 aliphatic heterocycles. The topological polar surface area (TPSA) is 123 Å². The van der Waals surface area contributed by atoms with Gasteiger partial charge in [-0.3, -0.25) is 10.1 Å². The molecule has 0 aliphatic carbocycles. The molecule has 0 amide bonds. The molecule has 0 bridgehead atoms. The lowest BCUT2D eigenvalue weighted by molar-refractivity contribution is -0.383. The highest BCUT2D eigenvalue weighted by Crippen LogP contribution is 2.32. The van der Waals surface area contributed by atoms with Crippen LogP contribution < -0.4 is 16.0 Å². The Morgan fingerprint density at radius 1 is 1.38 bits per heavy atom. The average Bonchev–Trinajstić information content (AvgIpc) is 3.06. The smallest absolute Gasteiger partial charge is 0.353 e. The van der Waals surface area contributed by atoms with Crippen LogP contribution in [0, 0.1) is 10.1 Å². The second-order valence-corrected chi connectivity index (χ2v) is 6.17. The van der Waals surface area contributed by atoms with Crippen molar-refractivity contribution in [1.82, 2.24) is 14.9 Å². The monoisotopic (exact) mass is 337 g/mol. The maximum absolute atomic E-state index is 11.4. The first-order valence-electron chi connectivity index (χ1n) is 8.15. The minimum absolute atomic E-state index is 0.112. The summed E-state index contributed by atoms with van der Waals surface area (Å²) < 4.78 is 5.55. The highest BCUT2D eigenvalue weighted by atomic mass is 16.6. The third-order valence-corrected chi connectivity index (χ3v) is 4.39. The fourth-order valence-corrected chi connectivity index (χ4v) is 2.96. The van der Waals surface area contributed by atoms with Crippen molar-refractivity contribution in [2.75, 3.05) is 62.3 Å². The second kappa shape index (κ2) is 7.14. The van der Waals surface area contributed by atoms with Crippen LogP contribution in [0.25, 0.3) is 0 Å². The van der Waals surface area contributed by atoms with Gasteiger partial charge in [0.05, 0.1) is 11.0 Å². The Kier molecular flexibility index (Phi) is 4.95. The molecule has 1 aromatic heterocycles. The molecule has 0 radical (unpaired) electrons. The molecule has 24 heavy (non-hydrogen) atoms. The summed E-state index contributed by atoms with van der Waals surface area (Å²) in [6.07, 6.45) is 2.15. The highest BCUT2D eigenvalue weighted by Gasteiger charge is 2.29. The van der Waals surface area contributed by atoms with Crippen molar-refractivity contribution in [2.45, 2.75) is 18.9 Å². The number of aromatic nitrogens is 2. The fraction of sp³-hybridized carbons (Fsp3) is 0.714. The summed E-state index contributed by atoms with van der Waals surface area (Å²) in [7, 11) is 2.02. The Bertz CT molecular complexity index is 598. The van der Waals surface area contributed by atoms with Gasteiger partial charge in [-0.1, -0.05) is 0 Å². The van der Waals surface area contributed by atoms with Crippen molar-refractivity contribution >= 4 is 23.3 Å². The van der Waals surface area contributed by atoms with E-state index < -0.39 is 4.92 Å². The zero-order valence-electron chi connectivity index (χ0n) is 13.8. The van der Waals surface area contributed by atoms with Gasteiger partial charge in [0.2, 0.25) is 17.6 Å². The number of nitrogens with two attached hydrogens (primary N) is 1. The van der Waals surface area contributed by atoms with Crippen molar-refractivity contribution in [3.05, 3.63) is 10.1 Å². The Labute approximate surface area is 140 Å². The van der Waals surface area contributed by atoms with Gasteiger partial charge in [-0.05, 0) is 19.9 Å². The lowest BCUT2D eigenvalue weighted by Gasteiger charge is -2.33. The molecular formula is C14H23N7O3. The fourth-order valence-electron chi connectivity index (χ4n) is 2.96. The van der Waals surface area contributed by atoms with E-state index >= 15 is 0 Å². The van der Waals surface area contributed by atoms with E-state index in [4.69, 9.17) is 10.5 Å². The minimum atomic E-state index is -0.507. The zero-order valence-corrected chi connectivity index (χ0v) is 13.8. The lowest BCUT2D eigenvalue weighted by Crippen LogP contribution is -2.45. The number of anilines is 3. The quantitative estimate of drug-likeness (QED) is 0.577. The van der Waals surface area contributed by atoms with Crippen molar-refractivity contribution in [3.8, 4) is 0 Å². The van der Waals surface area contributed by atoms with Gasteiger partial charge in [-0.15, -0.1) is 0 Å². The molecule has 1 unspecified atom stereocenters. The summed E-state index contributed by atoms with van der Waals surface area (Å²) in [6, 6.07) is 0. The van der Waals surface area contributed by atoms with E-state index in [1.807, 2.05) is 11.9 Å². The molecule has 10 nitrogen and oxygen atoms in total. The number of nitrogens with one attached hydrogen (secondary N) is 1. The Morgan fingerprint density at radius 2 is 2.12 bits per heavy atom. The predicted molar refractivity (Wildman–Crippen MR) is 90.3 cm³/mol. The Morgan fingerprint density at radius 3 is 2.75 bits per heavy atom. The van der Waals surface area contributed by atoms with Crippen LogP contribution in [0.1, 0.15) is 12.8 Å². The maximum atomic E-state index is 11.4. The van der Waals surface area contributed by atoms with Crippen molar-refractivity contribution < 1.29 is 9.66 Å². The Balaban J connectivity index is 1.81. The van der Waals surface area contributed by atoms with Gasteiger partial charge in [-0.2, -0.15) is 9.97 Å². The maximum Gasteiger partial charge on any atom is 0.353 e. The summed E-state index contributed by atoms with van der Waals surface area (Å²) in [6.45, 7) is 4.30. The van der Waals surface area contributed by atoms with Gasteiger partial charge in [0.15, 0.2) is 0 Å². The number of ether oxygens (including phenoxy) is 1. The molecule has 2 saturated heterocycles. The van der Waals surface area contributed by atoms with Crippen LogP contribution in [0.15, 0.2) is 0 Å². The first kappa shape index (κ1) is 16.7. The van der Waals surface area contributed by atoms with Gasteiger partial charge in [0.25, 0.3) is 0 Å². The molecule has 0 saturated carbocycles. The van der Waals surface area contributed by atoms with Gasteiger partial charge >= 0.3 is 5.69 Å². The number of piperazine rings is 1. The largest absolute Gasteiger partial charge is 0.378 e. The normalized spacial score (nSPS) is 21.9. The average molecular weight is 337 g/mol. The number of hydrogen-bond acceptors (Lipinski definition) is 9. The van der Waals surface area contributed by atoms with E-state index in [9.17, 15) is 10.1 Å². The minimum Gasteiger partial charge on any atom is -0.378 e. The predicted octanol–water partition coefficient (Wildman–Crippen LogP) is 0.310. The summed E-state index contributed by atoms with van der Waals surface area (Å²) in [5, 5.41) is 14.5. The van der Waals surface area contributed by atoms with Crippen LogP contribution in [0.3, 0.4) is 0 Å². The number of nitrogen functional groups attached to an aromatic ring is 1. The molecule has 0 spiro atoms. The van der Waals surface area contributed by atoms with Crippen molar-refractivity contribution in [3.63, 3.8) is 0 Å². The molecule has 132 valence electrons. The van der Waals surface area contributed by atoms with E-state index in [-0.39, 0.29) is 23.4 Å². The molecule has 0 aromatic carbocycles. The standard InChI is InChI=1S/C14H23N7O3/c1-19-4-6-20(7-5-19)13-11(21(22)23)12(15)17-14(18-13)16-9-10-3-2-8-24-10/h10H,2-9H2,1H3,(H3,15,16,17,18). The third-order valence-electron chi connectivity index (χ3n) is 4.39. The highest BCUT2D eigenvalue weighted by molar-refractivity contribution is 5.71. The van der Waals surface area contributed by atoms with Crippen molar-refractivity contribution in [2.24, 2.45) is 0 Å². The SMILES string of the molecule is CN1CCN(c2nc(NCC3CCCO3)nc(N)c2[N+](=O)[O-])CC1. The van der Waals surface area contributed by atoms with Gasteiger partial charge < -0.3 is 25.6 Å². The van der Waals surface area contributed by atoms with E-state index in [2.05, 4.69) is 20.2 Å². The molecule has 2 fully saturated rings. The van der Waals surface area contributed by atoms with Crippen molar-refractivity contribution in [1.29, 1.82) is 0 Å². The molecule has 3 rings (SSSR count). The molecular weight excluding hydrogens is 314 g/mol. The van der Waals surface area contributed by atoms with E-state index in [1.165, 1.54) is 0 Å². The molecule has 3 heterocycles. The number of hydrogen-bond donors (Lipinski definition) is 2. The number of nitrogens with zero attached hydrogens (tertiary/aromatic N) is 5. The number of nitro groups is 1. The molecule has 1 atom stereocenters. The van der Waals surface area contributed by atoms with E-state index in [1.54, 1.807) is 0 Å². The second-order valence-electron chi connectivity index (χ2n) is 6.17.